The Balaban J connectivity index is 2.66. The molecule has 0 radical (unpaired) electrons. The fourth-order valence-corrected chi connectivity index (χ4v) is 2.51. The topological polar surface area (TPSA) is 40.5 Å². The standard InChI is InChI=1S/C12H19NO2S/c1-3-6-11(12(14)15)13(4-2)9-10-7-5-8-16-10/h5,7-8,11H,3-4,6,9H2,1-2H3,(H,14,15). The molecule has 1 aromatic heterocycles. The molecule has 16 heavy (non-hydrogen) atoms. The summed E-state index contributed by atoms with van der Waals surface area (Å²) in [6.07, 6.45) is 1.62. The zero-order valence-electron chi connectivity index (χ0n) is 9.85. The maximum absolute atomic E-state index is 11.2. The van der Waals surface area contributed by atoms with Gasteiger partial charge >= 0.3 is 5.97 Å². The fourth-order valence-electron chi connectivity index (χ4n) is 1.78. The molecule has 0 aliphatic carbocycles. The van der Waals surface area contributed by atoms with Crippen molar-refractivity contribution in [3.8, 4) is 0 Å². The maximum atomic E-state index is 11.2. The minimum Gasteiger partial charge on any atom is -0.480 e. The molecular weight excluding hydrogens is 222 g/mol. The number of aliphatic carboxylic acids is 1. The van der Waals surface area contributed by atoms with E-state index in [0.29, 0.717) is 6.42 Å². The van der Waals surface area contributed by atoms with Crippen molar-refractivity contribution in [3.05, 3.63) is 22.4 Å². The summed E-state index contributed by atoms with van der Waals surface area (Å²) in [6, 6.07) is 3.71. The zero-order chi connectivity index (χ0) is 12.0. The molecule has 4 heteroatoms. The summed E-state index contributed by atoms with van der Waals surface area (Å²) >= 11 is 1.68. The zero-order valence-corrected chi connectivity index (χ0v) is 10.7. The molecule has 0 bridgehead atoms. The second-order valence-electron chi connectivity index (χ2n) is 3.79. The van der Waals surface area contributed by atoms with E-state index in [1.807, 2.05) is 30.2 Å². The number of rotatable bonds is 7. The van der Waals surface area contributed by atoms with Crippen molar-refractivity contribution < 1.29 is 9.90 Å². The minimum atomic E-state index is -0.708. The Bertz CT molecular complexity index is 311. The van der Waals surface area contributed by atoms with E-state index in [1.165, 1.54) is 4.88 Å². The molecule has 90 valence electrons. The number of carboxylic acid groups (broad SMARTS) is 1. The van der Waals surface area contributed by atoms with E-state index in [9.17, 15) is 9.90 Å². The van der Waals surface area contributed by atoms with Gasteiger partial charge in [-0.05, 0) is 24.4 Å². The van der Waals surface area contributed by atoms with Gasteiger partial charge in [0.2, 0.25) is 0 Å². The summed E-state index contributed by atoms with van der Waals surface area (Å²) in [5.41, 5.74) is 0. The van der Waals surface area contributed by atoms with Crippen molar-refractivity contribution in [2.75, 3.05) is 6.54 Å². The number of hydrogen-bond acceptors (Lipinski definition) is 3. The average Bonchev–Trinajstić information content (AvgIpc) is 2.75. The van der Waals surface area contributed by atoms with E-state index in [-0.39, 0.29) is 6.04 Å². The number of hydrogen-bond donors (Lipinski definition) is 1. The van der Waals surface area contributed by atoms with Crippen LogP contribution in [0, 0.1) is 0 Å². The van der Waals surface area contributed by atoms with Crippen LogP contribution in [0.4, 0.5) is 0 Å². The first-order valence-corrected chi connectivity index (χ1v) is 6.56. The Labute approximate surface area is 101 Å². The SMILES string of the molecule is CCCC(C(=O)O)N(CC)Cc1cccs1. The molecule has 1 N–H and O–H groups in total. The normalized spacial score (nSPS) is 12.9. The minimum absolute atomic E-state index is 0.350. The summed E-state index contributed by atoms with van der Waals surface area (Å²) in [5.74, 6) is -0.708. The van der Waals surface area contributed by atoms with Crippen LogP contribution >= 0.6 is 11.3 Å². The number of carboxylic acids is 1. The molecule has 0 spiro atoms. The Hall–Kier alpha value is -0.870. The van der Waals surface area contributed by atoms with Crippen LogP contribution in [0.25, 0.3) is 0 Å². The van der Waals surface area contributed by atoms with Crippen molar-refractivity contribution in [1.82, 2.24) is 4.90 Å². The Morgan fingerprint density at radius 2 is 2.31 bits per heavy atom. The van der Waals surface area contributed by atoms with Gasteiger partial charge in [0.05, 0.1) is 0 Å². The van der Waals surface area contributed by atoms with Crippen LogP contribution in [0.1, 0.15) is 31.6 Å². The van der Waals surface area contributed by atoms with Crippen molar-refractivity contribution >= 4 is 17.3 Å². The molecule has 0 amide bonds. The Morgan fingerprint density at radius 3 is 2.75 bits per heavy atom. The summed E-state index contributed by atoms with van der Waals surface area (Å²) in [6.45, 7) is 5.55. The molecule has 0 aliphatic rings. The molecule has 0 aliphatic heterocycles. The van der Waals surface area contributed by atoms with Crippen LogP contribution in [0.5, 0.6) is 0 Å². The van der Waals surface area contributed by atoms with Gasteiger partial charge in [0.15, 0.2) is 0 Å². The van der Waals surface area contributed by atoms with E-state index >= 15 is 0 Å². The highest BCUT2D eigenvalue weighted by Gasteiger charge is 2.23. The third kappa shape index (κ3) is 3.61. The predicted octanol–water partition coefficient (Wildman–Crippen LogP) is 2.82. The van der Waals surface area contributed by atoms with Crippen molar-refractivity contribution in [2.45, 2.75) is 39.3 Å². The molecular formula is C12H19NO2S. The molecule has 1 aromatic rings. The molecule has 3 nitrogen and oxygen atoms in total. The van der Waals surface area contributed by atoms with Gasteiger partial charge in [0.1, 0.15) is 6.04 Å². The maximum Gasteiger partial charge on any atom is 0.320 e. The van der Waals surface area contributed by atoms with Gasteiger partial charge in [-0.2, -0.15) is 0 Å². The third-order valence-corrected chi connectivity index (χ3v) is 3.49. The molecule has 0 saturated heterocycles. The van der Waals surface area contributed by atoms with Gasteiger partial charge in [0.25, 0.3) is 0 Å². The first-order valence-electron chi connectivity index (χ1n) is 5.68. The summed E-state index contributed by atoms with van der Waals surface area (Å²) in [5, 5.41) is 11.2. The van der Waals surface area contributed by atoms with Crippen LogP contribution < -0.4 is 0 Å². The van der Waals surface area contributed by atoms with Crippen molar-refractivity contribution in [1.29, 1.82) is 0 Å². The van der Waals surface area contributed by atoms with E-state index < -0.39 is 5.97 Å². The van der Waals surface area contributed by atoms with Crippen molar-refractivity contribution in [3.63, 3.8) is 0 Å². The van der Waals surface area contributed by atoms with E-state index in [4.69, 9.17) is 0 Å². The lowest BCUT2D eigenvalue weighted by Crippen LogP contribution is -2.40. The highest BCUT2D eigenvalue weighted by atomic mass is 32.1. The highest BCUT2D eigenvalue weighted by molar-refractivity contribution is 7.09. The lowest BCUT2D eigenvalue weighted by atomic mass is 10.1. The number of thiophene rings is 1. The van der Waals surface area contributed by atoms with Crippen LogP contribution in [0.15, 0.2) is 17.5 Å². The largest absolute Gasteiger partial charge is 0.480 e. The molecule has 1 atom stereocenters. The van der Waals surface area contributed by atoms with Crippen LogP contribution in [0.3, 0.4) is 0 Å². The first kappa shape index (κ1) is 13.2. The predicted molar refractivity (Wildman–Crippen MR) is 66.7 cm³/mol. The van der Waals surface area contributed by atoms with Gasteiger partial charge in [-0.3, -0.25) is 9.69 Å². The number of nitrogens with zero attached hydrogens (tertiary/aromatic N) is 1. The van der Waals surface area contributed by atoms with Gasteiger partial charge < -0.3 is 5.11 Å². The number of likely N-dealkylation sites (N-methyl/N-ethyl adjacent to an activating group) is 1. The molecule has 1 heterocycles. The number of carbonyl (C=O) groups is 1. The van der Waals surface area contributed by atoms with Gasteiger partial charge in [-0.25, -0.2) is 0 Å². The lowest BCUT2D eigenvalue weighted by molar-refractivity contribution is -0.143. The van der Waals surface area contributed by atoms with Crippen LogP contribution in [0.2, 0.25) is 0 Å². The molecule has 0 saturated carbocycles. The highest BCUT2D eigenvalue weighted by Crippen LogP contribution is 2.16. The third-order valence-electron chi connectivity index (χ3n) is 2.63. The van der Waals surface area contributed by atoms with Crippen molar-refractivity contribution in [2.24, 2.45) is 0 Å². The molecule has 0 fully saturated rings. The monoisotopic (exact) mass is 241 g/mol. The van der Waals surface area contributed by atoms with Crippen LogP contribution in [-0.4, -0.2) is 28.6 Å². The summed E-state index contributed by atoms with van der Waals surface area (Å²) in [4.78, 5) is 14.4. The molecule has 1 unspecified atom stereocenters. The smallest absolute Gasteiger partial charge is 0.320 e. The average molecular weight is 241 g/mol. The Kier molecular flexibility index (Phi) is 5.49. The van der Waals surface area contributed by atoms with E-state index in [2.05, 4.69) is 6.07 Å². The first-order chi connectivity index (χ1) is 7.69. The van der Waals surface area contributed by atoms with Crippen LogP contribution in [-0.2, 0) is 11.3 Å². The second kappa shape index (κ2) is 6.66. The van der Waals surface area contributed by atoms with E-state index in [1.54, 1.807) is 11.3 Å². The van der Waals surface area contributed by atoms with Gasteiger partial charge in [-0.1, -0.05) is 26.3 Å². The fraction of sp³-hybridized carbons (Fsp3) is 0.583. The van der Waals surface area contributed by atoms with Gasteiger partial charge in [-0.15, -0.1) is 11.3 Å². The Morgan fingerprint density at radius 1 is 1.56 bits per heavy atom. The molecule has 0 aromatic carbocycles. The van der Waals surface area contributed by atoms with Gasteiger partial charge in [0, 0.05) is 11.4 Å². The summed E-state index contributed by atoms with van der Waals surface area (Å²) in [7, 11) is 0. The quantitative estimate of drug-likeness (QED) is 0.798. The molecule has 1 rings (SSSR count). The van der Waals surface area contributed by atoms with E-state index in [0.717, 1.165) is 19.5 Å². The summed E-state index contributed by atoms with van der Waals surface area (Å²) < 4.78 is 0. The second-order valence-corrected chi connectivity index (χ2v) is 4.82. The lowest BCUT2D eigenvalue weighted by Gasteiger charge is -2.26.